The highest BCUT2D eigenvalue weighted by molar-refractivity contribution is 5.97. The van der Waals surface area contributed by atoms with Gasteiger partial charge in [0.15, 0.2) is 0 Å². The summed E-state index contributed by atoms with van der Waals surface area (Å²) < 4.78 is 15.0. The van der Waals surface area contributed by atoms with Crippen LogP contribution in [0, 0.1) is 47.3 Å². The van der Waals surface area contributed by atoms with Crippen LogP contribution >= 0.6 is 0 Å². The van der Waals surface area contributed by atoms with E-state index in [4.69, 9.17) is 14.2 Å². The summed E-state index contributed by atoms with van der Waals surface area (Å²) in [5.74, 6) is -5.75. The first-order chi connectivity index (χ1) is 12.4. The molecule has 4 aliphatic rings. The van der Waals surface area contributed by atoms with Gasteiger partial charge < -0.3 is 14.2 Å². The van der Waals surface area contributed by atoms with Crippen molar-refractivity contribution in [1.82, 2.24) is 0 Å². The Morgan fingerprint density at radius 2 is 1.65 bits per heavy atom. The predicted octanol–water partition coefficient (Wildman–Crippen LogP) is 0.889. The molecular formula is C19H20O7. The summed E-state index contributed by atoms with van der Waals surface area (Å²) in [5.41, 5.74) is 0. The Kier molecular flexibility index (Phi) is 3.97. The molecule has 2 fully saturated rings. The molecule has 138 valence electrons. The molecule has 0 aromatic rings. The van der Waals surface area contributed by atoms with Crippen molar-refractivity contribution < 1.29 is 33.4 Å². The fraction of sp³-hybridized carbons (Fsp3) is 0.579. The molecule has 0 aromatic carbocycles. The van der Waals surface area contributed by atoms with Gasteiger partial charge in [-0.05, 0) is 17.8 Å². The van der Waals surface area contributed by atoms with Gasteiger partial charge in [0, 0.05) is 5.92 Å². The Bertz CT molecular complexity index is 736. The van der Waals surface area contributed by atoms with E-state index < -0.39 is 59.4 Å². The smallest absolute Gasteiger partial charge is 0.318 e. The van der Waals surface area contributed by atoms with Crippen LogP contribution in [0.2, 0.25) is 0 Å². The Labute approximate surface area is 150 Å². The van der Waals surface area contributed by atoms with Crippen molar-refractivity contribution in [3.63, 3.8) is 0 Å². The van der Waals surface area contributed by atoms with Gasteiger partial charge in [-0.15, -0.1) is 0 Å². The van der Waals surface area contributed by atoms with Crippen molar-refractivity contribution in [2.24, 2.45) is 47.3 Å². The van der Waals surface area contributed by atoms with Crippen LogP contribution in [0.15, 0.2) is 24.3 Å². The predicted molar refractivity (Wildman–Crippen MR) is 85.9 cm³/mol. The lowest BCUT2D eigenvalue weighted by Crippen LogP contribution is -2.45. The third-order valence-electron chi connectivity index (χ3n) is 6.20. The zero-order valence-corrected chi connectivity index (χ0v) is 14.5. The molecule has 26 heavy (non-hydrogen) atoms. The van der Waals surface area contributed by atoms with Gasteiger partial charge in [-0.25, -0.2) is 0 Å². The summed E-state index contributed by atoms with van der Waals surface area (Å²) in [4.78, 5) is 49.2. The van der Waals surface area contributed by atoms with Crippen molar-refractivity contribution >= 4 is 23.9 Å². The van der Waals surface area contributed by atoms with Gasteiger partial charge in [-0.2, -0.15) is 0 Å². The minimum Gasteiger partial charge on any atom is -0.469 e. The van der Waals surface area contributed by atoms with Crippen molar-refractivity contribution in [1.29, 1.82) is 0 Å². The van der Waals surface area contributed by atoms with E-state index in [0.717, 1.165) is 0 Å². The van der Waals surface area contributed by atoms with E-state index in [2.05, 4.69) is 0 Å². The van der Waals surface area contributed by atoms with Crippen molar-refractivity contribution in [3.05, 3.63) is 24.3 Å². The number of cyclic esters (lactones) is 3. The minimum absolute atomic E-state index is 0.122. The molecule has 7 heteroatoms. The van der Waals surface area contributed by atoms with Gasteiger partial charge in [-0.1, -0.05) is 31.2 Å². The fourth-order valence-corrected chi connectivity index (χ4v) is 4.96. The van der Waals surface area contributed by atoms with E-state index in [1.807, 2.05) is 31.2 Å². The molecular weight excluding hydrogens is 340 g/mol. The maximum absolute atomic E-state index is 12.5. The molecule has 0 N–H and O–H groups in total. The number of esters is 4. The van der Waals surface area contributed by atoms with Crippen molar-refractivity contribution in [2.75, 3.05) is 13.7 Å². The van der Waals surface area contributed by atoms with Crippen LogP contribution in [0.1, 0.15) is 6.92 Å². The summed E-state index contributed by atoms with van der Waals surface area (Å²) >= 11 is 0. The summed E-state index contributed by atoms with van der Waals surface area (Å²) in [6, 6.07) is 0. The lowest BCUT2D eigenvalue weighted by Gasteiger charge is -2.39. The number of carbonyl (C=O) groups is 4. The maximum Gasteiger partial charge on any atom is 0.318 e. The highest BCUT2D eigenvalue weighted by Crippen LogP contribution is 2.50. The quantitative estimate of drug-likeness (QED) is 0.312. The van der Waals surface area contributed by atoms with E-state index in [-0.39, 0.29) is 18.4 Å². The number of fused-ring (bicyclic) bond motifs is 2. The Morgan fingerprint density at radius 3 is 2.38 bits per heavy atom. The molecule has 0 radical (unpaired) electrons. The highest BCUT2D eigenvalue weighted by Gasteiger charge is 2.58. The lowest BCUT2D eigenvalue weighted by molar-refractivity contribution is -0.158. The van der Waals surface area contributed by atoms with Crippen molar-refractivity contribution in [3.8, 4) is 0 Å². The van der Waals surface area contributed by atoms with Crippen LogP contribution in [0.4, 0.5) is 0 Å². The first kappa shape index (κ1) is 17.0. The Hall–Kier alpha value is -2.44. The number of ether oxygens (including phenoxy) is 3. The van der Waals surface area contributed by atoms with Crippen LogP contribution in [-0.2, 0) is 33.4 Å². The molecule has 8 atom stereocenters. The topological polar surface area (TPSA) is 96.0 Å². The maximum atomic E-state index is 12.5. The molecule has 0 unspecified atom stereocenters. The van der Waals surface area contributed by atoms with Crippen LogP contribution in [0.3, 0.4) is 0 Å². The molecule has 2 saturated heterocycles. The summed E-state index contributed by atoms with van der Waals surface area (Å²) in [6.07, 6.45) is 7.50. The van der Waals surface area contributed by atoms with Crippen LogP contribution in [0.5, 0.6) is 0 Å². The summed E-state index contributed by atoms with van der Waals surface area (Å²) in [7, 11) is 1.28. The number of methoxy groups -OCH3 is 1. The lowest BCUT2D eigenvalue weighted by atomic mass is 9.60. The van der Waals surface area contributed by atoms with E-state index >= 15 is 0 Å². The Balaban J connectivity index is 1.75. The van der Waals surface area contributed by atoms with Gasteiger partial charge in [0.1, 0.15) is 0 Å². The Morgan fingerprint density at radius 1 is 0.962 bits per heavy atom. The largest absolute Gasteiger partial charge is 0.469 e. The van der Waals surface area contributed by atoms with Gasteiger partial charge in [0.05, 0.1) is 37.4 Å². The van der Waals surface area contributed by atoms with Crippen LogP contribution < -0.4 is 0 Å². The second kappa shape index (κ2) is 6.07. The molecule has 2 aliphatic heterocycles. The number of carbonyl (C=O) groups excluding carboxylic acids is 4. The fourth-order valence-electron chi connectivity index (χ4n) is 4.96. The van der Waals surface area contributed by atoms with E-state index in [9.17, 15) is 19.2 Å². The van der Waals surface area contributed by atoms with Crippen LogP contribution in [0.25, 0.3) is 0 Å². The molecule has 7 nitrogen and oxygen atoms in total. The third-order valence-corrected chi connectivity index (χ3v) is 6.20. The molecule has 0 aromatic heterocycles. The standard InChI is InChI=1S/C19H20O7/c1-8-3-5-10(14-12(8)18(22)26-19(14)23)11-6-4-9-7-25-17(21)13(9)15(11)16(20)24-2/h3-6,8-15H,7H2,1-2H3/t8-,9+,10-,11-,12-,13+,14+,15-/m0/s1. The highest BCUT2D eigenvalue weighted by atomic mass is 16.6. The first-order valence-corrected chi connectivity index (χ1v) is 8.80. The normalized spacial score (nSPS) is 43.5. The van der Waals surface area contributed by atoms with E-state index in [0.29, 0.717) is 0 Å². The SMILES string of the molecule is COC(=O)[C@H]1[C@H]([C@@H]2C=C[C@H](C)[C@@H]3C(=O)OC(=O)[C@H]23)C=C[C@@H]2COC(=O)[C@@H]12. The zero-order valence-electron chi connectivity index (χ0n) is 14.5. The first-order valence-electron chi connectivity index (χ1n) is 8.80. The second-order valence-electron chi connectivity index (χ2n) is 7.44. The van der Waals surface area contributed by atoms with Gasteiger partial charge in [-0.3, -0.25) is 19.2 Å². The van der Waals surface area contributed by atoms with Crippen molar-refractivity contribution in [2.45, 2.75) is 6.92 Å². The summed E-state index contributed by atoms with van der Waals surface area (Å²) in [6.45, 7) is 2.10. The van der Waals surface area contributed by atoms with Gasteiger partial charge in [0.2, 0.25) is 0 Å². The number of rotatable bonds is 2. The second-order valence-corrected chi connectivity index (χ2v) is 7.44. The number of hydrogen-bond donors (Lipinski definition) is 0. The molecule has 0 saturated carbocycles. The molecule has 0 spiro atoms. The summed E-state index contributed by atoms with van der Waals surface area (Å²) in [5, 5.41) is 0. The minimum atomic E-state index is -0.753. The molecule has 4 rings (SSSR count). The molecule has 2 heterocycles. The average molecular weight is 360 g/mol. The third kappa shape index (κ3) is 2.33. The molecule has 0 bridgehead atoms. The zero-order chi connectivity index (χ0) is 18.6. The van der Waals surface area contributed by atoms with Gasteiger partial charge >= 0.3 is 23.9 Å². The molecule has 2 aliphatic carbocycles. The van der Waals surface area contributed by atoms with Crippen LogP contribution in [-0.4, -0.2) is 37.6 Å². The van der Waals surface area contributed by atoms with E-state index in [1.54, 1.807) is 0 Å². The number of allylic oxidation sites excluding steroid dienone is 3. The van der Waals surface area contributed by atoms with Gasteiger partial charge in [0.25, 0.3) is 0 Å². The monoisotopic (exact) mass is 360 g/mol. The number of hydrogen-bond acceptors (Lipinski definition) is 7. The molecule has 0 amide bonds. The van der Waals surface area contributed by atoms with E-state index in [1.165, 1.54) is 7.11 Å². The average Bonchev–Trinajstić information content (AvgIpc) is 3.15.